The Balaban J connectivity index is 1.17. The average Bonchev–Trinajstić information content (AvgIpc) is 3.49. The number of hydrogen-bond donors (Lipinski definition) is 1. The molecule has 1 saturated carbocycles. The minimum atomic E-state index is -3.58. The zero-order chi connectivity index (χ0) is 28.8. The number of hydrogen-bond acceptors (Lipinski definition) is 7. The third-order valence-electron chi connectivity index (χ3n) is 9.81. The predicted molar refractivity (Wildman–Crippen MR) is 162 cm³/mol. The van der Waals surface area contributed by atoms with Crippen LogP contribution in [-0.4, -0.2) is 64.4 Å². The Morgan fingerprint density at radius 2 is 1.66 bits per heavy atom. The van der Waals surface area contributed by atoms with Crippen molar-refractivity contribution >= 4 is 32.7 Å². The molecule has 2 aliphatic heterocycles. The summed E-state index contributed by atoms with van der Waals surface area (Å²) < 4.78 is 30.7. The lowest BCUT2D eigenvalue weighted by molar-refractivity contribution is 0.0433. The van der Waals surface area contributed by atoms with Crippen molar-refractivity contribution < 1.29 is 8.42 Å². The molecule has 1 N–H and O–H groups in total. The van der Waals surface area contributed by atoms with Gasteiger partial charge < -0.3 is 10.2 Å². The first-order valence-corrected chi connectivity index (χ1v) is 16.6. The number of likely N-dealkylation sites (tertiary alicyclic amines) is 1. The zero-order valence-electron chi connectivity index (χ0n) is 24.5. The highest BCUT2D eigenvalue weighted by Gasteiger charge is 2.40. The SMILES string of the molecule is Cc1cc(S(=O)(=O)N2CCC3(CCN(C(C)C)CC3)CC2)ccc1Nc1ncc2ccc(=O)n(C3CCCC3)c2n1. The van der Waals surface area contributed by atoms with E-state index in [2.05, 4.69) is 29.0 Å². The van der Waals surface area contributed by atoms with E-state index in [-0.39, 0.29) is 17.0 Å². The van der Waals surface area contributed by atoms with Gasteiger partial charge in [0.2, 0.25) is 16.0 Å². The lowest BCUT2D eigenvalue weighted by atomic mass is 9.71. The molecule has 2 aromatic heterocycles. The molecule has 220 valence electrons. The van der Waals surface area contributed by atoms with Crippen molar-refractivity contribution in [3.63, 3.8) is 0 Å². The van der Waals surface area contributed by atoms with Gasteiger partial charge in [-0.25, -0.2) is 13.4 Å². The molecular weight excluding hydrogens is 536 g/mol. The molecule has 0 bridgehead atoms. The molecule has 9 nitrogen and oxygen atoms in total. The van der Waals surface area contributed by atoms with E-state index >= 15 is 0 Å². The van der Waals surface area contributed by atoms with Crippen molar-refractivity contribution in [3.05, 3.63) is 52.4 Å². The lowest BCUT2D eigenvalue weighted by Crippen LogP contribution is -2.49. The smallest absolute Gasteiger partial charge is 0.252 e. The van der Waals surface area contributed by atoms with Crippen LogP contribution in [0.3, 0.4) is 0 Å². The number of anilines is 2. The van der Waals surface area contributed by atoms with E-state index in [1.807, 2.05) is 11.5 Å². The fourth-order valence-electron chi connectivity index (χ4n) is 7.04. The Kier molecular flexibility index (Phi) is 7.67. The molecule has 6 rings (SSSR count). The van der Waals surface area contributed by atoms with Crippen LogP contribution in [-0.2, 0) is 10.0 Å². The van der Waals surface area contributed by atoms with E-state index in [0.717, 1.165) is 81.1 Å². The molecule has 1 aromatic carbocycles. The van der Waals surface area contributed by atoms with Crippen LogP contribution in [0.15, 0.2) is 46.2 Å². The van der Waals surface area contributed by atoms with Crippen LogP contribution in [0.4, 0.5) is 11.6 Å². The maximum absolute atomic E-state index is 13.6. The van der Waals surface area contributed by atoms with Crippen LogP contribution in [0.25, 0.3) is 11.0 Å². The van der Waals surface area contributed by atoms with Crippen molar-refractivity contribution in [2.24, 2.45) is 5.41 Å². The second kappa shape index (κ2) is 11.1. The van der Waals surface area contributed by atoms with Gasteiger partial charge in [-0.1, -0.05) is 12.8 Å². The Morgan fingerprint density at radius 1 is 0.976 bits per heavy atom. The van der Waals surface area contributed by atoms with E-state index < -0.39 is 10.0 Å². The van der Waals surface area contributed by atoms with Crippen LogP contribution >= 0.6 is 0 Å². The van der Waals surface area contributed by atoms with Gasteiger partial charge in [0.1, 0.15) is 5.65 Å². The van der Waals surface area contributed by atoms with Crippen molar-refractivity contribution in [3.8, 4) is 0 Å². The maximum atomic E-state index is 13.6. The maximum Gasteiger partial charge on any atom is 0.252 e. The first-order chi connectivity index (χ1) is 19.6. The highest BCUT2D eigenvalue weighted by Crippen LogP contribution is 2.42. The Bertz CT molecular complexity index is 1580. The van der Waals surface area contributed by atoms with Gasteiger partial charge in [-0.2, -0.15) is 9.29 Å². The number of aromatic nitrogens is 3. The van der Waals surface area contributed by atoms with Gasteiger partial charge >= 0.3 is 0 Å². The summed E-state index contributed by atoms with van der Waals surface area (Å²) in [4.78, 5) is 24.8. The second-order valence-corrected chi connectivity index (χ2v) is 14.5. The largest absolute Gasteiger partial charge is 0.324 e. The fourth-order valence-corrected chi connectivity index (χ4v) is 8.56. The molecule has 2 saturated heterocycles. The number of fused-ring (bicyclic) bond motifs is 1. The van der Waals surface area contributed by atoms with Crippen LogP contribution in [0.5, 0.6) is 0 Å². The quantitative estimate of drug-likeness (QED) is 0.427. The molecule has 41 heavy (non-hydrogen) atoms. The molecule has 1 spiro atoms. The van der Waals surface area contributed by atoms with Gasteiger partial charge in [0.05, 0.1) is 4.90 Å². The lowest BCUT2D eigenvalue weighted by Gasteiger charge is -2.47. The average molecular weight is 579 g/mol. The van der Waals surface area contributed by atoms with Crippen LogP contribution in [0.1, 0.15) is 76.8 Å². The van der Waals surface area contributed by atoms with Crippen molar-refractivity contribution in [2.75, 3.05) is 31.5 Å². The van der Waals surface area contributed by atoms with Gasteiger partial charge in [0.25, 0.3) is 5.56 Å². The fraction of sp³-hybridized carbons (Fsp3) is 0.581. The molecule has 3 fully saturated rings. The molecule has 1 aliphatic carbocycles. The number of sulfonamides is 1. The number of nitrogens with zero attached hydrogens (tertiary/aromatic N) is 5. The van der Waals surface area contributed by atoms with Gasteiger partial charge in [-0.3, -0.25) is 9.36 Å². The van der Waals surface area contributed by atoms with Gasteiger partial charge in [-0.15, -0.1) is 0 Å². The van der Waals surface area contributed by atoms with Crippen molar-refractivity contribution in [1.82, 2.24) is 23.7 Å². The van der Waals surface area contributed by atoms with E-state index in [9.17, 15) is 13.2 Å². The van der Waals surface area contributed by atoms with Gasteiger partial charge in [0, 0.05) is 48.5 Å². The van der Waals surface area contributed by atoms with Crippen LogP contribution in [0.2, 0.25) is 0 Å². The molecule has 0 amide bonds. The van der Waals surface area contributed by atoms with Crippen LogP contribution < -0.4 is 10.9 Å². The molecule has 0 atom stereocenters. The monoisotopic (exact) mass is 578 g/mol. The normalized spacial score (nSPS) is 20.8. The summed E-state index contributed by atoms with van der Waals surface area (Å²) >= 11 is 0. The minimum absolute atomic E-state index is 0.0376. The summed E-state index contributed by atoms with van der Waals surface area (Å²) in [6.45, 7) is 9.77. The van der Waals surface area contributed by atoms with E-state index in [0.29, 0.717) is 35.6 Å². The van der Waals surface area contributed by atoms with E-state index in [1.54, 1.807) is 40.8 Å². The minimum Gasteiger partial charge on any atom is -0.324 e. The second-order valence-electron chi connectivity index (χ2n) is 12.6. The number of pyridine rings is 1. The van der Waals surface area contributed by atoms with Crippen molar-refractivity contribution in [1.29, 1.82) is 0 Å². The Hall–Kier alpha value is -2.82. The standard InChI is InChI=1S/C31H42N6O3S/c1-22(2)35-16-12-31(13-17-35)14-18-36(19-15-31)41(39,40)26-9-10-27(23(3)20-26)33-30-32-21-24-8-11-28(38)37(29(24)34-30)25-6-4-5-7-25/h8-11,20-22,25H,4-7,12-19H2,1-3H3,(H,32,33,34). The highest BCUT2D eigenvalue weighted by atomic mass is 32.2. The Labute approximate surface area is 243 Å². The summed E-state index contributed by atoms with van der Waals surface area (Å²) in [5.41, 5.74) is 2.42. The number of nitrogens with one attached hydrogen (secondary N) is 1. The summed E-state index contributed by atoms with van der Waals surface area (Å²) in [6.07, 6.45) is 10.1. The van der Waals surface area contributed by atoms with Crippen LogP contribution in [0, 0.1) is 12.3 Å². The highest BCUT2D eigenvalue weighted by molar-refractivity contribution is 7.89. The number of piperidine rings is 2. The summed E-state index contributed by atoms with van der Waals surface area (Å²) in [5.74, 6) is 0.387. The third kappa shape index (κ3) is 5.53. The molecule has 4 heterocycles. The molecule has 0 unspecified atom stereocenters. The topological polar surface area (TPSA) is 100 Å². The van der Waals surface area contributed by atoms with Crippen molar-refractivity contribution in [2.45, 2.75) is 89.1 Å². The number of rotatable bonds is 6. The van der Waals surface area contributed by atoms with Gasteiger partial charge in [0.15, 0.2) is 0 Å². The van der Waals surface area contributed by atoms with E-state index in [4.69, 9.17) is 4.98 Å². The molecule has 3 aromatic rings. The third-order valence-corrected chi connectivity index (χ3v) is 11.7. The Morgan fingerprint density at radius 3 is 2.32 bits per heavy atom. The predicted octanol–water partition coefficient (Wildman–Crippen LogP) is 5.23. The van der Waals surface area contributed by atoms with Gasteiger partial charge in [-0.05, 0) is 108 Å². The summed E-state index contributed by atoms with van der Waals surface area (Å²) in [7, 11) is -3.58. The molecule has 0 radical (unpaired) electrons. The molecule has 10 heteroatoms. The van der Waals surface area contributed by atoms with E-state index in [1.165, 1.54) is 0 Å². The first-order valence-electron chi connectivity index (χ1n) is 15.2. The number of aryl methyl sites for hydroxylation is 1. The number of benzene rings is 1. The summed E-state index contributed by atoms with van der Waals surface area (Å²) in [5, 5.41) is 4.09. The molecular formula is C31H42N6O3S. The zero-order valence-corrected chi connectivity index (χ0v) is 25.3. The molecule has 3 aliphatic rings. The summed E-state index contributed by atoms with van der Waals surface area (Å²) in [6, 6.07) is 9.30. The first kappa shape index (κ1) is 28.3.